The molecule has 0 saturated heterocycles. The lowest BCUT2D eigenvalue weighted by molar-refractivity contribution is 0.200. The largest absolute Gasteiger partial charge is 0.389 e. The predicted octanol–water partition coefficient (Wildman–Crippen LogP) is 1.62. The van der Waals surface area contributed by atoms with Crippen molar-refractivity contribution in [2.24, 2.45) is 0 Å². The van der Waals surface area contributed by atoms with Gasteiger partial charge in [-0.2, -0.15) is 0 Å². The van der Waals surface area contributed by atoms with Crippen LogP contribution in [0.4, 0.5) is 0 Å². The maximum absolute atomic E-state index is 9.30. The smallest absolute Gasteiger partial charge is 0.0713 e. The highest BCUT2D eigenvalue weighted by atomic mass is 16.3. The van der Waals surface area contributed by atoms with Gasteiger partial charge < -0.3 is 5.11 Å². The zero-order valence-corrected chi connectivity index (χ0v) is 6.62. The van der Waals surface area contributed by atoms with E-state index in [2.05, 4.69) is 0 Å². The van der Waals surface area contributed by atoms with Crippen LogP contribution in [0.1, 0.15) is 17.2 Å². The monoisotopic (exact) mass is 146 g/mol. The quantitative estimate of drug-likeness (QED) is 0.628. The van der Waals surface area contributed by atoms with Gasteiger partial charge in [-0.15, -0.1) is 0 Å². The van der Waals surface area contributed by atoms with E-state index in [0.29, 0.717) is 0 Å². The molecule has 1 rings (SSSR count). The summed E-state index contributed by atoms with van der Waals surface area (Å²) in [6.07, 6.45) is -0.237. The fourth-order valence-electron chi connectivity index (χ4n) is 0.925. The van der Waals surface area contributed by atoms with Crippen molar-refractivity contribution in [2.45, 2.75) is 19.3 Å². The Morgan fingerprint density at radius 2 is 1.91 bits per heavy atom. The fraction of sp³-hybridized carbons (Fsp3) is 0.333. The van der Waals surface area contributed by atoms with Gasteiger partial charge in [0, 0.05) is 0 Å². The first-order chi connectivity index (χ1) is 5.24. The van der Waals surface area contributed by atoms with Gasteiger partial charge in [0.1, 0.15) is 0 Å². The third kappa shape index (κ3) is 2.09. The SMILES string of the molecule is [B]C[C@@H](O)c1ccc(C)cc1. The Labute approximate surface area is 68.5 Å². The zero-order chi connectivity index (χ0) is 8.27. The molecule has 2 heteroatoms. The summed E-state index contributed by atoms with van der Waals surface area (Å²) >= 11 is 0. The van der Waals surface area contributed by atoms with Crippen LogP contribution in [-0.4, -0.2) is 13.0 Å². The van der Waals surface area contributed by atoms with Crippen molar-refractivity contribution in [1.82, 2.24) is 0 Å². The van der Waals surface area contributed by atoms with Crippen LogP contribution in [0.2, 0.25) is 6.32 Å². The lowest BCUT2D eigenvalue weighted by atomic mass is 9.94. The van der Waals surface area contributed by atoms with Gasteiger partial charge >= 0.3 is 0 Å². The minimum atomic E-state index is -0.518. The van der Waals surface area contributed by atoms with Gasteiger partial charge in [0.2, 0.25) is 0 Å². The maximum Gasteiger partial charge on any atom is 0.0713 e. The summed E-state index contributed by atoms with van der Waals surface area (Å²) in [5.74, 6) is 0. The normalized spacial score (nSPS) is 12.9. The summed E-state index contributed by atoms with van der Waals surface area (Å²) in [6, 6.07) is 7.72. The molecule has 0 aliphatic heterocycles. The Balaban J connectivity index is 2.81. The van der Waals surface area contributed by atoms with Crippen molar-refractivity contribution in [3.8, 4) is 0 Å². The van der Waals surface area contributed by atoms with Crippen molar-refractivity contribution in [1.29, 1.82) is 0 Å². The number of rotatable bonds is 2. The van der Waals surface area contributed by atoms with Crippen LogP contribution < -0.4 is 0 Å². The molecule has 1 aromatic carbocycles. The molecular weight excluding hydrogens is 135 g/mol. The van der Waals surface area contributed by atoms with Crippen molar-refractivity contribution in [3.63, 3.8) is 0 Å². The van der Waals surface area contributed by atoms with Crippen molar-refractivity contribution in [2.75, 3.05) is 0 Å². The number of benzene rings is 1. The molecule has 0 aromatic heterocycles. The third-order valence-electron chi connectivity index (χ3n) is 1.69. The fourth-order valence-corrected chi connectivity index (χ4v) is 0.925. The van der Waals surface area contributed by atoms with Crippen LogP contribution in [0.15, 0.2) is 24.3 Å². The molecule has 0 saturated carbocycles. The van der Waals surface area contributed by atoms with Crippen LogP contribution in [-0.2, 0) is 0 Å². The van der Waals surface area contributed by atoms with Crippen LogP contribution in [0.5, 0.6) is 0 Å². The lowest BCUT2D eigenvalue weighted by Crippen LogP contribution is -1.95. The van der Waals surface area contributed by atoms with Crippen LogP contribution in [0.3, 0.4) is 0 Å². The number of aryl methyl sites for hydroxylation is 1. The Morgan fingerprint density at radius 1 is 1.36 bits per heavy atom. The highest BCUT2D eigenvalue weighted by Crippen LogP contribution is 2.15. The summed E-state index contributed by atoms with van der Waals surface area (Å²) in [4.78, 5) is 0. The number of aliphatic hydroxyl groups is 1. The van der Waals surface area contributed by atoms with E-state index in [1.807, 2.05) is 31.2 Å². The first-order valence-electron chi connectivity index (χ1n) is 3.68. The van der Waals surface area contributed by atoms with E-state index in [4.69, 9.17) is 7.85 Å². The van der Waals surface area contributed by atoms with E-state index in [-0.39, 0.29) is 6.32 Å². The molecule has 0 aliphatic rings. The molecule has 1 aromatic rings. The second-order valence-corrected chi connectivity index (χ2v) is 2.66. The molecule has 0 bridgehead atoms. The van der Waals surface area contributed by atoms with E-state index in [0.717, 1.165) is 5.56 Å². The van der Waals surface area contributed by atoms with E-state index in [1.165, 1.54) is 5.56 Å². The first-order valence-corrected chi connectivity index (χ1v) is 3.68. The molecule has 0 aliphatic carbocycles. The molecule has 56 valence electrons. The van der Waals surface area contributed by atoms with Gasteiger partial charge in [-0.05, 0) is 12.5 Å². The van der Waals surface area contributed by atoms with E-state index < -0.39 is 6.10 Å². The summed E-state index contributed by atoms with van der Waals surface area (Å²) in [6.45, 7) is 2.01. The second-order valence-electron chi connectivity index (χ2n) is 2.66. The van der Waals surface area contributed by atoms with Crippen molar-refractivity contribution in [3.05, 3.63) is 35.4 Å². The Bertz CT molecular complexity index is 218. The van der Waals surface area contributed by atoms with Crippen molar-refractivity contribution >= 4 is 7.85 Å². The molecule has 0 unspecified atom stereocenters. The molecule has 1 nitrogen and oxygen atoms in total. The summed E-state index contributed by atoms with van der Waals surface area (Å²) in [7, 11) is 5.29. The standard InChI is InChI=1S/C9H11BO/c1-7-2-4-8(5-3-7)9(11)6-10/h2-5,9,11H,6H2,1H3/t9-/m1/s1. The average molecular weight is 146 g/mol. The maximum atomic E-state index is 9.30. The van der Waals surface area contributed by atoms with Crippen LogP contribution in [0, 0.1) is 6.92 Å². The Hall–Kier alpha value is -0.755. The minimum Gasteiger partial charge on any atom is -0.389 e. The van der Waals surface area contributed by atoms with Gasteiger partial charge in [-0.1, -0.05) is 36.1 Å². The Kier molecular flexibility index (Phi) is 2.72. The summed E-state index contributed by atoms with van der Waals surface area (Å²) < 4.78 is 0. The summed E-state index contributed by atoms with van der Waals surface area (Å²) in [5, 5.41) is 9.30. The zero-order valence-electron chi connectivity index (χ0n) is 6.62. The highest BCUT2D eigenvalue weighted by molar-refractivity contribution is 6.08. The molecule has 0 fully saturated rings. The van der Waals surface area contributed by atoms with Gasteiger partial charge in [0.05, 0.1) is 14.0 Å². The molecule has 1 N–H and O–H groups in total. The predicted molar refractivity (Wildman–Crippen MR) is 46.7 cm³/mol. The second kappa shape index (κ2) is 3.58. The molecule has 1 atom stereocenters. The summed E-state index contributed by atoms with van der Waals surface area (Å²) in [5.41, 5.74) is 2.08. The Morgan fingerprint density at radius 3 is 2.36 bits per heavy atom. The van der Waals surface area contributed by atoms with E-state index in [1.54, 1.807) is 0 Å². The van der Waals surface area contributed by atoms with Gasteiger partial charge in [-0.3, -0.25) is 0 Å². The molecule has 0 amide bonds. The molecular formula is C9H11BO. The highest BCUT2D eigenvalue weighted by Gasteiger charge is 2.01. The van der Waals surface area contributed by atoms with E-state index in [9.17, 15) is 5.11 Å². The van der Waals surface area contributed by atoms with Gasteiger partial charge in [0.25, 0.3) is 0 Å². The molecule has 0 spiro atoms. The van der Waals surface area contributed by atoms with Crippen LogP contribution in [0.25, 0.3) is 0 Å². The lowest BCUT2D eigenvalue weighted by Gasteiger charge is -2.07. The number of aliphatic hydroxyl groups excluding tert-OH is 1. The topological polar surface area (TPSA) is 20.2 Å². The number of hydrogen-bond acceptors (Lipinski definition) is 1. The molecule has 0 heterocycles. The van der Waals surface area contributed by atoms with Gasteiger partial charge in [0.15, 0.2) is 0 Å². The number of hydrogen-bond donors (Lipinski definition) is 1. The first kappa shape index (κ1) is 8.34. The van der Waals surface area contributed by atoms with Gasteiger partial charge in [-0.25, -0.2) is 0 Å². The van der Waals surface area contributed by atoms with Crippen molar-refractivity contribution < 1.29 is 5.11 Å². The molecule has 11 heavy (non-hydrogen) atoms. The van der Waals surface area contributed by atoms with E-state index >= 15 is 0 Å². The molecule has 2 radical (unpaired) electrons. The average Bonchev–Trinajstić information content (AvgIpc) is 2.05. The van der Waals surface area contributed by atoms with Crippen LogP contribution >= 0.6 is 0 Å². The third-order valence-corrected chi connectivity index (χ3v) is 1.69. The minimum absolute atomic E-state index is 0.281.